The van der Waals surface area contributed by atoms with Gasteiger partial charge >= 0.3 is 5.97 Å². The molecule has 1 rings (SSSR count). The Morgan fingerprint density at radius 1 is 1.73 bits per heavy atom. The summed E-state index contributed by atoms with van der Waals surface area (Å²) in [6.45, 7) is 0. The number of hydrogen-bond acceptors (Lipinski definition) is 1. The fourth-order valence-corrected chi connectivity index (χ4v) is 0.804. The molecule has 11 heavy (non-hydrogen) atoms. The lowest BCUT2D eigenvalue weighted by atomic mass is 10.4. The van der Waals surface area contributed by atoms with Gasteiger partial charge in [0.25, 0.3) is 0 Å². The van der Waals surface area contributed by atoms with E-state index in [9.17, 15) is 4.79 Å². The Morgan fingerprint density at radius 3 is 2.91 bits per heavy atom. The predicted octanol–water partition coefficient (Wildman–Crippen LogP) is 1.12. The van der Waals surface area contributed by atoms with Crippen LogP contribution in [0.1, 0.15) is 5.69 Å². The average molecular weight is 151 g/mol. The number of aromatic nitrogens is 1. The molecule has 0 fully saturated rings. The summed E-state index contributed by atoms with van der Waals surface area (Å²) in [7, 11) is 1.86. The minimum atomic E-state index is -0.925. The summed E-state index contributed by atoms with van der Waals surface area (Å²) in [6, 6.07) is 3.71. The van der Waals surface area contributed by atoms with Gasteiger partial charge in [-0.25, -0.2) is 4.79 Å². The first-order valence-electron chi connectivity index (χ1n) is 3.22. The molecule has 0 radical (unpaired) electrons. The van der Waals surface area contributed by atoms with Crippen molar-refractivity contribution in [1.29, 1.82) is 0 Å². The highest BCUT2D eigenvalue weighted by Crippen LogP contribution is 2.01. The van der Waals surface area contributed by atoms with Gasteiger partial charge in [0, 0.05) is 25.0 Å². The first-order chi connectivity index (χ1) is 5.20. The fourth-order valence-electron chi connectivity index (χ4n) is 0.804. The standard InChI is InChI=1S/C8H9NO2/c1-9-6-2-3-7(9)4-5-8(10)11/h2-6H,1H3,(H,10,11)/b5-4-. The molecule has 3 heteroatoms. The van der Waals surface area contributed by atoms with Crippen LogP contribution in [-0.4, -0.2) is 15.6 Å². The van der Waals surface area contributed by atoms with Gasteiger partial charge in [-0.05, 0) is 18.2 Å². The Hall–Kier alpha value is -1.51. The monoisotopic (exact) mass is 151 g/mol. The van der Waals surface area contributed by atoms with Crippen LogP contribution in [-0.2, 0) is 11.8 Å². The van der Waals surface area contributed by atoms with Crippen LogP contribution in [0.2, 0.25) is 0 Å². The van der Waals surface area contributed by atoms with Crippen LogP contribution in [0.25, 0.3) is 6.08 Å². The SMILES string of the molecule is Cn1cccc1/C=C\C(=O)O. The summed E-state index contributed by atoms with van der Waals surface area (Å²) < 4.78 is 1.85. The van der Waals surface area contributed by atoms with Crippen molar-refractivity contribution in [3.05, 3.63) is 30.1 Å². The van der Waals surface area contributed by atoms with Crippen molar-refractivity contribution in [3.8, 4) is 0 Å². The molecule has 0 aliphatic rings. The highest BCUT2D eigenvalue weighted by molar-refractivity contribution is 5.84. The lowest BCUT2D eigenvalue weighted by molar-refractivity contribution is -0.131. The van der Waals surface area contributed by atoms with E-state index < -0.39 is 5.97 Å². The number of carbonyl (C=O) groups is 1. The maximum Gasteiger partial charge on any atom is 0.328 e. The van der Waals surface area contributed by atoms with Gasteiger partial charge in [0.15, 0.2) is 0 Å². The second-order valence-electron chi connectivity index (χ2n) is 2.22. The summed E-state index contributed by atoms with van der Waals surface area (Å²) in [4.78, 5) is 10.1. The number of aliphatic carboxylic acids is 1. The van der Waals surface area contributed by atoms with Crippen LogP contribution in [0.3, 0.4) is 0 Å². The van der Waals surface area contributed by atoms with Crippen LogP contribution >= 0.6 is 0 Å². The maximum atomic E-state index is 10.1. The first kappa shape index (κ1) is 7.60. The smallest absolute Gasteiger partial charge is 0.328 e. The van der Waals surface area contributed by atoms with Crippen LogP contribution in [0, 0.1) is 0 Å². The third-order valence-electron chi connectivity index (χ3n) is 1.38. The van der Waals surface area contributed by atoms with E-state index in [1.54, 1.807) is 6.08 Å². The van der Waals surface area contributed by atoms with Crippen molar-refractivity contribution in [2.45, 2.75) is 0 Å². The first-order valence-corrected chi connectivity index (χ1v) is 3.22. The molecule has 0 unspecified atom stereocenters. The van der Waals surface area contributed by atoms with Crippen LogP contribution in [0.5, 0.6) is 0 Å². The molecule has 58 valence electrons. The van der Waals surface area contributed by atoms with E-state index in [-0.39, 0.29) is 0 Å². The third-order valence-corrected chi connectivity index (χ3v) is 1.38. The number of aryl methyl sites for hydroxylation is 1. The molecule has 0 saturated heterocycles. The van der Waals surface area contributed by atoms with Crippen molar-refractivity contribution in [2.75, 3.05) is 0 Å². The summed E-state index contributed by atoms with van der Waals surface area (Å²) >= 11 is 0. The Labute approximate surface area is 64.6 Å². The zero-order valence-electron chi connectivity index (χ0n) is 6.19. The quantitative estimate of drug-likeness (QED) is 0.643. The van der Waals surface area contributed by atoms with Gasteiger partial charge in [0.1, 0.15) is 0 Å². The molecule has 0 aromatic carbocycles. The molecule has 0 aliphatic carbocycles. The lowest BCUT2D eigenvalue weighted by Gasteiger charge is -1.93. The number of rotatable bonds is 2. The molecule has 0 spiro atoms. The summed E-state index contributed by atoms with van der Waals surface area (Å²) in [5, 5.41) is 8.31. The molecule has 1 heterocycles. The zero-order chi connectivity index (χ0) is 8.27. The van der Waals surface area contributed by atoms with E-state index in [4.69, 9.17) is 5.11 Å². The molecule has 0 bridgehead atoms. The minimum Gasteiger partial charge on any atom is -0.478 e. The highest BCUT2D eigenvalue weighted by Gasteiger charge is 1.91. The largest absolute Gasteiger partial charge is 0.478 e. The molecule has 1 N–H and O–H groups in total. The lowest BCUT2D eigenvalue weighted by Crippen LogP contribution is -1.90. The number of hydrogen-bond donors (Lipinski definition) is 1. The fraction of sp³-hybridized carbons (Fsp3) is 0.125. The molecular formula is C8H9NO2. The van der Waals surface area contributed by atoms with Crippen LogP contribution in [0.15, 0.2) is 24.4 Å². The molecular weight excluding hydrogens is 142 g/mol. The van der Waals surface area contributed by atoms with Crippen LogP contribution in [0.4, 0.5) is 0 Å². The van der Waals surface area contributed by atoms with Gasteiger partial charge < -0.3 is 9.67 Å². The van der Waals surface area contributed by atoms with Crippen molar-refractivity contribution < 1.29 is 9.90 Å². The molecule has 0 saturated carbocycles. The maximum absolute atomic E-state index is 10.1. The second kappa shape index (κ2) is 3.05. The summed E-state index contributed by atoms with van der Waals surface area (Å²) in [5.41, 5.74) is 0.882. The van der Waals surface area contributed by atoms with Crippen LogP contribution < -0.4 is 0 Å². The van der Waals surface area contributed by atoms with Gasteiger partial charge in [0.2, 0.25) is 0 Å². The Morgan fingerprint density at radius 2 is 2.45 bits per heavy atom. The molecule has 1 aromatic rings. The Bertz CT molecular complexity index is 286. The van der Waals surface area contributed by atoms with Crippen molar-refractivity contribution in [1.82, 2.24) is 4.57 Å². The topological polar surface area (TPSA) is 42.2 Å². The number of carboxylic acid groups (broad SMARTS) is 1. The predicted molar refractivity (Wildman–Crippen MR) is 42.1 cm³/mol. The van der Waals surface area contributed by atoms with E-state index >= 15 is 0 Å². The summed E-state index contributed by atoms with van der Waals surface area (Å²) in [5.74, 6) is -0.925. The van der Waals surface area contributed by atoms with E-state index in [1.165, 1.54) is 0 Å². The Kier molecular flexibility index (Phi) is 2.11. The number of carboxylic acids is 1. The Balaban J connectivity index is 2.79. The van der Waals surface area contributed by atoms with E-state index in [2.05, 4.69) is 0 Å². The minimum absolute atomic E-state index is 0.882. The molecule has 0 aliphatic heterocycles. The zero-order valence-corrected chi connectivity index (χ0v) is 6.19. The van der Waals surface area contributed by atoms with Gasteiger partial charge in [-0.1, -0.05) is 0 Å². The normalized spacial score (nSPS) is 10.6. The van der Waals surface area contributed by atoms with Gasteiger partial charge in [-0.15, -0.1) is 0 Å². The van der Waals surface area contributed by atoms with E-state index in [1.807, 2.05) is 29.9 Å². The van der Waals surface area contributed by atoms with Crippen molar-refractivity contribution >= 4 is 12.0 Å². The van der Waals surface area contributed by atoms with Gasteiger partial charge in [-0.3, -0.25) is 0 Å². The van der Waals surface area contributed by atoms with Gasteiger partial charge in [0.05, 0.1) is 0 Å². The summed E-state index contributed by atoms with van der Waals surface area (Å²) in [6.07, 6.45) is 4.54. The van der Waals surface area contributed by atoms with E-state index in [0.29, 0.717) is 0 Å². The second-order valence-corrected chi connectivity index (χ2v) is 2.22. The average Bonchev–Trinajstić information content (AvgIpc) is 2.31. The highest BCUT2D eigenvalue weighted by atomic mass is 16.4. The van der Waals surface area contributed by atoms with E-state index in [0.717, 1.165) is 11.8 Å². The molecule has 3 nitrogen and oxygen atoms in total. The number of nitrogens with zero attached hydrogens (tertiary/aromatic N) is 1. The van der Waals surface area contributed by atoms with Crippen molar-refractivity contribution in [3.63, 3.8) is 0 Å². The molecule has 0 atom stereocenters. The van der Waals surface area contributed by atoms with Gasteiger partial charge in [-0.2, -0.15) is 0 Å². The molecule has 1 aromatic heterocycles. The van der Waals surface area contributed by atoms with Crippen molar-refractivity contribution in [2.24, 2.45) is 7.05 Å². The molecule has 0 amide bonds. The third kappa shape index (κ3) is 1.97.